The predicted octanol–water partition coefficient (Wildman–Crippen LogP) is 2.54. The van der Waals surface area contributed by atoms with Gasteiger partial charge in [-0.2, -0.15) is 0 Å². The van der Waals surface area contributed by atoms with E-state index < -0.39 is 16.1 Å². The summed E-state index contributed by atoms with van der Waals surface area (Å²) >= 11 is 0. The zero-order chi connectivity index (χ0) is 18.3. The summed E-state index contributed by atoms with van der Waals surface area (Å²) in [5.74, 6) is 0.404. The van der Waals surface area contributed by atoms with Crippen molar-refractivity contribution in [2.24, 2.45) is 0 Å². The van der Waals surface area contributed by atoms with Gasteiger partial charge in [0.2, 0.25) is 10.0 Å². The molecule has 1 aromatic rings. The SMILES string of the molecule is CCCC(C)NC(=O)C(CC)Oc1ccc(N(C)S(C)(=O)=O)cc1. The molecule has 0 aliphatic heterocycles. The van der Waals surface area contributed by atoms with Gasteiger partial charge in [0.25, 0.3) is 5.91 Å². The van der Waals surface area contributed by atoms with Crippen molar-refractivity contribution >= 4 is 21.6 Å². The first-order valence-electron chi connectivity index (χ1n) is 8.20. The van der Waals surface area contributed by atoms with Gasteiger partial charge in [-0.1, -0.05) is 20.3 Å². The Bertz CT molecular complexity index is 628. The van der Waals surface area contributed by atoms with Gasteiger partial charge in [-0.3, -0.25) is 9.10 Å². The molecule has 1 N–H and O–H groups in total. The van der Waals surface area contributed by atoms with Crippen molar-refractivity contribution in [1.29, 1.82) is 0 Å². The maximum Gasteiger partial charge on any atom is 0.261 e. The molecule has 2 atom stereocenters. The van der Waals surface area contributed by atoms with E-state index in [-0.39, 0.29) is 11.9 Å². The van der Waals surface area contributed by atoms with Crippen LogP contribution in [0.3, 0.4) is 0 Å². The van der Waals surface area contributed by atoms with E-state index in [2.05, 4.69) is 12.2 Å². The van der Waals surface area contributed by atoms with Crippen LogP contribution < -0.4 is 14.4 Å². The van der Waals surface area contributed by atoms with Crippen LogP contribution in [0.5, 0.6) is 5.75 Å². The Hall–Kier alpha value is -1.76. The molecule has 0 spiro atoms. The van der Waals surface area contributed by atoms with E-state index in [4.69, 9.17) is 4.74 Å². The highest BCUT2D eigenvalue weighted by Crippen LogP contribution is 2.21. The van der Waals surface area contributed by atoms with E-state index in [1.54, 1.807) is 24.3 Å². The number of nitrogens with zero attached hydrogens (tertiary/aromatic N) is 1. The first-order chi connectivity index (χ1) is 11.2. The van der Waals surface area contributed by atoms with Gasteiger partial charge in [0, 0.05) is 13.1 Å². The number of rotatable bonds is 9. The smallest absolute Gasteiger partial charge is 0.261 e. The van der Waals surface area contributed by atoms with Gasteiger partial charge < -0.3 is 10.1 Å². The molecule has 0 fully saturated rings. The Morgan fingerprint density at radius 3 is 2.29 bits per heavy atom. The number of ether oxygens (including phenoxy) is 1. The van der Waals surface area contributed by atoms with Crippen LogP contribution in [-0.4, -0.2) is 39.8 Å². The standard InChI is InChI=1S/C17H28N2O4S/c1-6-8-13(3)18-17(20)16(7-2)23-15-11-9-14(10-12-15)19(4)24(5,21)22/h9-13,16H,6-8H2,1-5H3,(H,18,20). The minimum absolute atomic E-state index is 0.117. The van der Waals surface area contributed by atoms with Gasteiger partial charge in [-0.05, 0) is 44.0 Å². The molecule has 136 valence electrons. The van der Waals surface area contributed by atoms with E-state index in [9.17, 15) is 13.2 Å². The highest BCUT2D eigenvalue weighted by molar-refractivity contribution is 7.92. The lowest BCUT2D eigenvalue weighted by Gasteiger charge is -2.21. The van der Waals surface area contributed by atoms with Crippen molar-refractivity contribution in [3.05, 3.63) is 24.3 Å². The van der Waals surface area contributed by atoms with Crippen LogP contribution in [-0.2, 0) is 14.8 Å². The van der Waals surface area contributed by atoms with E-state index in [1.165, 1.54) is 11.4 Å². The third-order valence-corrected chi connectivity index (χ3v) is 4.96. The van der Waals surface area contributed by atoms with Crippen LogP contribution in [0.4, 0.5) is 5.69 Å². The Kier molecular flexibility index (Phi) is 7.54. The molecule has 0 bridgehead atoms. The second kappa shape index (κ2) is 8.92. The Balaban J connectivity index is 2.74. The fraction of sp³-hybridized carbons (Fsp3) is 0.588. The molecule has 1 rings (SSSR count). The number of carbonyl (C=O) groups excluding carboxylic acids is 1. The van der Waals surface area contributed by atoms with Crippen LogP contribution >= 0.6 is 0 Å². The molecular formula is C17H28N2O4S. The van der Waals surface area contributed by atoms with E-state index in [1.807, 2.05) is 13.8 Å². The second-order valence-corrected chi connectivity index (χ2v) is 7.95. The minimum Gasteiger partial charge on any atom is -0.481 e. The topological polar surface area (TPSA) is 75.7 Å². The van der Waals surface area contributed by atoms with Crippen LogP contribution in [0, 0.1) is 0 Å². The summed E-state index contributed by atoms with van der Waals surface area (Å²) in [6.45, 7) is 5.94. The summed E-state index contributed by atoms with van der Waals surface area (Å²) in [4.78, 5) is 12.2. The van der Waals surface area contributed by atoms with Crippen molar-refractivity contribution in [2.75, 3.05) is 17.6 Å². The van der Waals surface area contributed by atoms with Gasteiger partial charge >= 0.3 is 0 Å². The zero-order valence-electron chi connectivity index (χ0n) is 15.1. The van der Waals surface area contributed by atoms with Crippen LogP contribution in [0.2, 0.25) is 0 Å². The second-order valence-electron chi connectivity index (χ2n) is 5.94. The predicted molar refractivity (Wildman–Crippen MR) is 96.9 cm³/mol. The van der Waals surface area contributed by atoms with Crippen LogP contribution in [0.15, 0.2) is 24.3 Å². The number of nitrogens with one attached hydrogen (secondary N) is 1. The number of anilines is 1. The quantitative estimate of drug-likeness (QED) is 0.738. The van der Waals surface area contributed by atoms with Gasteiger partial charge in [0.05, 0.1) is 11.9 Å². The summed E-state index contributed by atoms with van der Waals surface area (Å²) in [6, 6.07) is 6.76. The molecule has 6 nitrogen and oxygen atoms in total. The number of benzene rings is 1. The highest BCUT2D eigenvalue weighted by Gasteiger charge is 2.20. The number of sulfonamides is 1. The molecule has 0 aliphatic rings. The Labute approximate surface area is 145 Å². The number of amides is 1. The van der Waals surface area contributed by atoms with Gasteiger partial charge in [0.1, 0.15) is 5.75 Å². The maximum atomic E-state index is 12.2. The normalized spacial score (nSPS) is 13.9. The average molecular weight is 356 g/mol. The molecule has 0 aromatic heterocycles. The third-order valence-electron chi connectivity index (χ3n) is 3.75. The lowest BCUT2D eigenvalue weighted by atomic mass is 10.1. The molecule has 7 heteroatoms. The highest BCUT2D eigenvalue weighted by atomic mass is 32.2. The molecule has 0 heterocycles. The molecule has 0 saturated heterocycles. The molecule has 0 radical (unpaired) electrons. The van der Waals surface area contributed by atoms with Crippen LogP contribution in [0.1, 0.15) is 40.0 Å². The third kappa shape index (κ3) is 6.03. The zero-order valence-corrected chi connectivity index (χ0v) is 15.9. The van der Waals surface area contributed by atoms with Gasteiger partial charge in [-0.15, -0.1) is 0 Å². The average Bonchev–Trinajstić information content (AvgIpc) is 2.51. The largest absolute Gasteiger partial charge is 0.481 e. The van der Waals surface area contributed by atoms with Gasteiger partial charge in [0.15, 0.2) is 6.10 Å². The summed E-state index contributed by atoms with van der Waals surface area (Å²) < 4.78 is 30.0. The monoisotopic (exact) mass is 356 g/mol. The molecule has 2 unspecified atom stereocenters. The molecule has 0 aliphatic carbocycles. The summed E-state index contributed by atoms with van der Waals surface area (Å²) in [5, 5.41) is 2.95. The number of hydrogen-bond donors (Lipinski definition) is 1. The van der Waals surface area contributed by atoms with Crippen molar-refractivity contribution < 1.29 is 17.9 Å². The first kappa shape index (κ1) is 20.3. The van der Waals surface area contributed by atoms with Crippen molar-refractivity contribution in [3.63, 3.8) is 0 Å². The summed E-state index contributed by atoms with van der Waals surface area (Å²) in [7, 11) is -1.81. The molecule has 0 saturated carbocycles. The summed E-state index contributed by atoms with van der Waals surface area (Å²) in [6.07, 6.45) is 3.06. The van der Waals surface area contributed by atoms with Crippen LogP contribution in [0.25, 0.3) is 0 Å². The molecular weight excluding hydrogens is 328 g/mol. The fourth-order valence-corrected chi connectivity index (χ4v) is 2.76. The van der Waals surface area contributed by atoms with Gasteiger partial charge in [-0.25, -0.2) is 8.42 Å². The Morgan fingerprint density at radius 1 is 1.25 bits per heavy atom. The maximum absolute atomic E-state index is 12.2. The fourth-order valence-electron chi connectivity index (χ4n) is 2.25. The number of hydrogen-bond acceptors (Lipinski definition) is 4. The molecule has 1 aromatic carbocycles. The van der Waals surface area contributed by atoms with E-state index >= 15 is 0 Å². The van der Waals surface area contributed by atoms with Crippen molar-refractivity contribution in [2.45, 2.75) is 52.2 Å². The first-order valence-corrected chi connectivity index (χ1v) is 10.0. The minimum atomic E-state index is -3.30. The molecule has 24 heavy (non-hydrogen) atoms. The lowest BCUT2D eigenvalue weighted by Crippen LogP contribution is -2.42. The number of carbonyl (C=O) groups is 1. The van der Waals surface area contributed by atoms with Crippen molar-refractivity contribution in [1.82, 2.24) is 5.32 Å². The lowest BCUT2D eigenvalue weighted by molar-refractivity contribution is -0.128. The van der Waals surface area contributed by atoms with E-state index in [0.717, 1.165) is 19.1 Å². The van der Waals surface area contributed by atoms with E-state index in [0.29, 0.717) is 17.9 Å². The summed E-state index contributed by atoms with van der Waals surface area (Å²) in [5.41, 5.74) is 0.541. The molecule has 1 amide bonds. The Morgan fingerprint density at radius 2 is 1.83 bits per heavy atom. The van der Waals surface area contributed by atoms with Crippen molar-refractivity contribution in [3.8, 4) is 5.75 Å².